The average Bonchev–Trinajstić information content (AvgIpc) is 3.18. The smallest absolute Gasteiger partial charge is 0.410 e. The van der Waals surface area contributed by atoms with E-state index in [2.05, 4.69) is 5.16 Å². The van der Waals surface area contributed by atoms with Crippen molar-refractivity contribution in [3.8, 4) is 5.88 Å². The van der Waals surface area contributed by atoms with Gasteiger partial charge in [0.25, 0.3) is 5.88 Å². The van der Waals surface area contributed by atoms with Crippen molar-refractivity contribution < 1.29 is 28.3 Å². The Kier molecular flexibility index (Phi) is 6.80. The van der Waals surface area contributed by atoms with E-state index in [9.17, 15) is 9.59 Å². The highest BCUT2D eigenvalue weighted by molar-refractivity contribution is 5.81. The van der Waals surface area contributed by atoms with E-state index in [0.717, 1.165) is 37.9 Å². The van der Waals surface area contributed by atoms with Gasteiger partial charge in [-0.2, -0.15) is 0 Å². The minimum atomic E-state index is -0.550. The lowest BCUT2D eigenvalue weighted by molar-refractivity contribution is -0.152. The summed E-state index contributed by atoms with van der Waals surface area (Å²) in [6, 6.07) is 1.28. The predicted molar refractivity (Wildman–Crippen MR) is 99.8 cm³/mol. The van der Waals surface area contributed by atoms with Gasteiger partial charge in [0.2, 0.25) is 0 Å². The number of carbonyl (C=O) groups excluding carboxylic acids is 2. The fourth-order valence-electron chi connectivity index (χ4n) is 4.64. The van der Waals surface area contributed by atoms with Gasteiger partial charge in [-0.05, 0) is 55.5 Å². The molecule has 2 heterocycles. The summed E-state index contributed by atoms with van der Waals surface area (Å²) in [4.78, 5) is 26.2. The number of likely N-dealkylation sites (tertiary alicyclic amines) is 1. The summed E-state index contributed by atoms with van der Waals surface area (Å²) < 4.78 is 20.5. The highest BCUT2D eigenvalue weighted by Crippen LogP contribution is 2.42. The molecule has 0 unspecified atom stereocenters. The Balaban J connectivity index is 1.60. The lowest BCUT2D eigenvalue weighted by Gasteiger charge is -2.46. The van der Waals surface area contributed by atoms with Gasteiger partial charge in [0.05, 0.1) is 20.8 Å². The molecule has 2 fully saturated rings. The number of methoxy groups -OCH3 is 2. The fraction of sp³-hybridized carbons (Fsp3) is 0.750. The second kappa shape index (κ2) is 9.30. The molecule has 0 bridgehead atoms. The molecule has 4 atom stereocenters. The van der Waals surface area contributed by atoms with Crippen molar-refractivity contribution in [2.45, 2.75) is 51.5 Å². The Morgan fingerprint density at radius 1 is 1.25 bits per heavy atom. The van der Waals surface area contributed by atoms with E-state index in [0.29, 0.717) is 43.2 Å². The van der Waals surface area contributed by atoms with Crippen molar-refractivity contribution in [2.24, 2.45) is 17.8 Å². The van der Waals surface area contributed by atoms with Crippen LogP contribution in [0.15, 0.2) is 10.6 Å². The summed E-state index contributed by atoms with van der Waals surface area (Å²) >= 11 is 0. The molecular weight excluding hydrogens is 364 g/mol. The molecule has 28 heavy (non-hydrogen) atoms. The van der Waals surface area contributed by atoms with Crippen LogP contribution in [0.5, 0.6) is 5.88 Å². The monoisotopic (exact) mass is 394 g/mol. The lowest BCUT2D eigenvalue weighted by Crippen LogP contribution is -2.55. The van der Waals surface area contributed by atoms with E-state index in [1.807, 2.05) is 6.07 Å². The molecule has 0 radical (unpaired) electrons. The number of hydrogen-bond acceptors (Lipinski definition) is 7. The summed E-state index contributed by atoms with van der Waals surface area (Å²) in [5.74, 6) is 2.41. The molecule has 0 N–H and O–H groups in total. The second-order valence-electron chi connectivity index (χ2n) is 7.70. The van der Waals surface area contributed by atoms with Crippen LogP contribution < -0.4 is 4.74 Å². The van der Waals surface area contributed by atoms with Crippen molar-refractivity contribution in [3.05, 3.63) is 11.8 Å². The molecule has 2 aliphatic rings. The van der Waals surface area contributed by atoms with E-state index < -0.39 is 12.1 Å². The third-order valence-corrected chi connectivity index (χ3v) is 6.10. The van der Waals surface area contributed by atoms with E-state index in [1.165, 1.54) is 7.11 Å². The Morgan fingerprint density at radius 2 is 2.07 bits per heavy atom. The van der Waals surface area contributed by atoms with Gasteiger partial charge in [0, 0.05) is 19.0 Å². The molecule has 1 amide bonds. The first-order valence-electron chi connectivity index (χ1n) is 10.1. The van der Waals surface area contributed by atoms with Crippen molar-refractivity contribution in [1.29, 1.82) is 0 Å². The second-order valence-corrected chi connectivity index (χ2v) is 7.70. The Labute approximate surface area is 165 Å². The maximum Gasteiger partial charge on any atom is 0.410 e. The van der Waals surface area contributed by atoms with E-state index >= 15 is 0 Å². The number of carbonyl (C=O) groups is 2. The lowest BCUT2D eigenvalue weighted by atomic mass is 9.68. The number of rotatable bonds is 6. The topological polar surface area (TPSA) is 91.1 Å². The first-order chi connectivity index (χ1) is 13.5. The van der Waals surface area contributed by atoms with E-state index in [4.69, 9.17) is 18.7 Å². The molecule has 8 nitrogen and oxygen atoms in total. The fourth-order valence-corrected chi connectivity index (χ4v) is 4.64. The number of aryl methyl sites for hydroxylation is 1. The van der Waals surface area contributed by atoms with Gasteiger partial charge in [-0.15, -0.1) is 0 Å². The molecule has 1 saturated heterocycles. The van der Waals surface area contributed by atoms with Crippen LogP contribution in [0, 0.1) is 17.8 Å². The maximum absolute atomic E-state index is 12.4. The highest BCUT2D eigenvalue weighted by atomic mass is 16.6. The average molecular weight is 394 g/mol. The van der Waals surface area contributed by atoms with Gasteiger partial charge in [0.1, 0.15) is 11.8 Å². The summed E-state index contributed by atoms with van der Waals surface area (Å²) in [5, 5.41) is 3.85. The molecular formula is C20H30N2O6. The van der Waals surface area contributed by atoms with Gasteiger partial charge in [-0.3, -0.25) is 4.90 Å². The van der Waals surface area contributed by atoms with Gasteiger partial charge in [-0.25, -0.2) is 9.59 Å². The normalized spacial score (nSPS) is 27.0. The van der Waals surface area contributed by atoms with E-state index in [-0.39, 0.29) is 5.97 Å². The number of esters is 1. The summed E-state index contributed by atoms with van der Waals surface area (Å²) in [5.41, 5.74) is 0. The third-order valence-electron chi connectivity index (χ3n) is 6.10. The molecule has 156 valence electrons. The third kappa shape index (κ3) is 4.59. The maximum atomic E-state index is 12.4. The van der Waals surface area contributed by atoms with Crippen LogP contribution >= 0.6 is 0 Å². The number of nitrogens with zero attached hydrogens (tertiary/aromatic N) is 2. The molecule has 1 aliphatic carbocycles. The van der Waals surface area contributed by atoms with Crippen LogP contribution in [-0.2, 0) is 20.7 Å². The SMILES string of the molecule is CCOC(=O)[C@@H]1C[C@H]2C[C@@H](CCc3cc(OC)no3)CC[C@H]2CN1C(=O)OC. The molecule has 1 aromatic heterocycles. The van der Waals surface area contributed by atoms with Crippen LogP contribution in [0.1, 0.15) is 44.8 Å². The van der Waals surface area contributed by atoms with Crippen LogP contribution in [0.25, 0.3) is 0 Å². The summed E-state index contributed by atoms with van der Waals surface area (Å²) in [6.07, 6.45) is 5.27. The number of fused-ring (bicyclic) bond motifs is 1. The Hall–Kier alpha value is -2.25. The molecule has 0 spiro atoms. The van der Waals surface area contributed by atoms with Crippen LogP contribution in [0.2, 0.25) is 0 Å². The zero-order valence-corrected chi connectivity index (χ0v) is 16.9. The zero-order valence-electron chi connectivity index (χ0n) is 16.9. The number of ether oxygens (including phenoxy) is 3. The summed E-state index contributed by atoms with van der Waals surface area (Å²) in [7, 11) is 2.93. The van der Waals surface area contributed by atoms with Crippen LogP contribution in [0.3, 0.4) is 0 Å². The van der Waals surface area contributed by atoms with Gasteiger partial charge < -0.3 is 18.7 Å². The number of piperidine rings is 1. The first kappa shape index (κ1) is 20.5. The standard InChI is InChI=1S/C20H30N2O6/c1-4-27-19(23)17-10-15-9-13(6-8-16-11-18(25-2)21-28-16)5-7-14(15)12-22(17)20(24)26-3/h11,13-15,17H,4-10,12H2,1-3H3/t13-,14+,15-,17+/m1/s1. The minimum absolute atomic E-state index is 0.307. The predicted octanol–water partition coefficient (Wildman–Crippen LogP) is 3.05. The van der Waals surface area contributed by atoms with E-state index in [1.54, 1.807) is 18.9 Å². The highest BCUT2D eigenvalue weighted by Gasteiger charge is 2.44. The molecule has 1 saturated carbocycles. The molecule has 0 aromatic carbocycles. The largest absolute Gasteiger partial charge is 0.479 e. The Morgan fingerprint density at radius 3 is 2.75 bits per heavy atom. The Bertz CT molecular complexity index is 675. The molecule has 3 rings (SSSR count). The molecule has 1 aliphatic heterocycles. The first-order valence-corrected chi connectivity index (χ1v) is 10.1. The summed E-state index contributed by atoms with van der Waals surface area (Å²) in [6.45, 7) is 2.65. The van der Waals surface area contributed by atoms with Crippen molar-refractivity contribution in [3.63, 3.8) is 0 Å². The van der Waals surface area contributed by atoms with Crippen molar-refractivity contribution in [2.75, 3.05) is 27.4 Å². The van der Waals surface area contributed by atoms with Crippen molar-refractivity contribution >= 4 is 12.1 Å². The van der Waals surface area contributed by atoms with Gasteiger partial charge in [-0.1, -0.05) is 6.42 Å². The van der Waals surface area contributed by atoms with Crippen LogP contribution in [0.4, 0.5) is 4.79 Å². The zero-order chi connectivity index (χ0) is 20.1. The molecule has 8 heteroatoms. The number of amides is 1. The van der Waals surface area contributed by atoms with Gasteiger partial charge >= 0.3 is 12.1 Å². The molecule has 1 aromatic rings. The minimum Gasteiger partial charge on any atom is -0.479 e. The number of aromatic nitrogens is 1. The van der Waals surface area contributed by atoms with Gasteiger partial charge in [0.15, 0.2) is 0 Å². The van der Waals surface area contributed by atoms with Crippen LogP contribution in [-0.4, -0.2) is 55.5 Å². The van der Waals surface area contributed by atoms with Crippen molar-refractivity contribution in [1.82, 2.24) is 10.1 Å². The number of hydrogen-bond donors (Lipinski definition) is 0. The quantitative estimate of drug-likeness (QED) is 0.685.